The summed E-state index contributed by atoms with van der Waals surface area (Å²) in [5.41, 5.74) is 0. The molecule has 0 aromatic carbocycles. The number of alkyl halides is 1. The summed E-state index contributed by atoms with van der Waals surface area (Å²) in [4.78, 5) is 14.3. The number of carbonyl (C=O) groups excluding carboxylic acids is 1. The zero-order chi connectivity index (χ0) is 11.8. The number of carbonyl (C=O) groups is 1. The topological polar surface area (TPSA) is 51.2 Å². The summed E-state index contributed by atoms with van der Waals surface area (Å²) in [7, 11) is 0. The van der Waals surface area contributed by atoms with Crippen molar-refractivity contribution in [1.29, 1.82) is 0 Å². The first kappa shape index (κ1) is 12.9. The molecule has 1 heterocycles. The van der Waals surface area contributed by atoms with E-state index in [-0.39, 0.29) is 17.0 Å². The van der Waals surface area contributed by atoms with Crippen LogP contribution in [0.2, 0.25) is 0 Å². The van der Waals surface area contributed by atoms with Gasteiger partial charge in [-0.15, -0.1) is 0 Å². The molecule has 0 saturated carbocycles. The first-order valence-electron chi connectivity index (χ1n) is 4.80. The van der Waals surface area contributed by atoms with Crippen LogP contribution in [0.5, 0.6) is 5.75 Å². The molecule has 16 heavy (non-hydrogen) atoms. The maximum atomic E-state index is 13.0. The van der Waals surface area contributed by atoms with Crippen LogP contribution in [0.4, 0.5) is 4.39 Å². The zero-order valence-corrected chi connectivity index (χ0v) is 10.2. The van der Waals surface area contributed by atoms with Crippen molar-refractivity contribution in [3.8, 4) is 5.75 Å². The highest BCUT2D eigenvalue weighted by atomic mass is 79.9. The molecule has 0 bridgehead atoms. The van der Waals surface area contributed by atoms with E-state index < -0.39 is 5.95 Å². The van der Waals surface area contributed by atoms with Gasteiger partial charge in [0.05, 0.1) is 11.9 Å². The maximum Gasteiger partial charge on any atom is 0.255 e. The molecule has 88 valence electrons. The average molecular weight is 291 g/mol. The Labute approximate surface area is 101 Å². The summed E-state index contributed by atoms with van der Waals surface area (Å²) in [5.74, 6) is -0.561. The van der Waals surface area contributed by atoms with Crippen LogP contribution >= 0.6 is 15.9 Å². The Morgan fingerprint density at radius 2 is 2.44 bits per heavy atom. The molecule has 1 aromatic rings. The van der Waals surface area contributed by atoms with Crippen LogP contribution in [-0.2, 0) is 4.79 Å². The third-order valence-corrected chi connectivity index (χ3v) is 2.26. The van der Waals surface area contributed by atoms with Crippen LogP contribution in [0.1, 0.15) is 6.42 Å². The second kappa shape index (κ2) is 7.16. The van der Waals surface area contributed by atoms with Crippen LogP contribution in [0.15, 0.2) is 18.3 Å². The van der Waals surface area contributed by atoms with Gasteiger partial charge in [-0.1, -0.05) is 15.9 Å². The molecule has 0 spiro atoms. The minimum atomic E-state index is -0.619. The van der Waals surface area contributed by atoms with Crippen molar-refractivity contribution < 1.29 is 13.9 Å². The fourth-order valence-corrected chi connectivity index (χ4v) is 1.21. The van der Waals surface area contributed by atoms with Gasteiger partial charge in [-0.3, -0.25) is 4.79 Å². The van der Waals surface area contributed by atoms with E-state index in [1.165, 1.54) is 12.3 Å². The molecule has 1 amide bonds. The Morgan fingerprint density at radius 3 is 3.12 bits per heavy atom. The normalized spacial score (nSPS) is 9.88. The molecule has 0 unspecified atom stereocenters. The second-order valence-electron chi connectivity index (χ2n) is 2.98. The van der Waals surface area contributed by atoms with Crippen molar-refractivity contribution in [2.75, 3.05) is 18.5 Å². The summed E-state index contributed by atoms with van der Waals surface area (Å²) < 4.78 is 18.1. The summed E-state index contributed by atoms with van der Waals surface area (Å²) in [5, 5.41) is 2.94. The molecule has 0 aliphatic heterocycles. The molecule has 6 heteroatoms. The van der Waals surface area contributed by atoms with Crippen LogP contribution in [0, 0.1) is 5.95 Å². The highest BCUT2D eigenvalue weighted by Gasteiger charge is 2.02. The molecule has 0 atom stereocenters. The van der Waals surface area contributed by atoms with E-state index in [0.717, 1.165) is 0 Å². The van der Waals surface area contributed by atoms with Crippen molar-refractivity contribution in [3.05, 3.63) is 24.3 Å². The van der Waals surface area contributed by atoms with Crippen molar-refractivity contribution in [1.82, 2.24) is 10.3 Å². The number of nitrogens with zero attached hydrogens (tertiary/aromatic N) is 1. The van der Waals surface area contributed by atoms with E-state index in [1.54, 1.807) is 6.07 Å². The average Bonchev–Trinajstić information content (AvgIpc) is 2.30. The van der Waals surface area contributed by atoms with Gasteiger partial charge < -0.3 is 10.1 Å². The summed E-state index contributed by atoms with van der Waals surface area (Å²) in [6.45, 7) is 0.845. The smallest absolute Gasteiger partial charge is 0.255 e. The summed E-state index contributed by atoms with van der Waals surface area (Å²) in [6.07, 6.45) is 1.98. The van der Waals surface area contributed by atoms with Gasteiger partial charge >= 0.3 is 0 Å². The molecule has 4 nitrogen and oxygen atoms in total. The summed E-state index contributed by atoms with van der Waals surface area (Å²) >= 11 is 3.03. The first-order chi connectivity index (χ1) is 7.74. The maximum absolute atomic E-state index is 13.0. The Hall–Kier alpha value is -1.17. The van der Waals surface area contributed by atoms with Crippen LogP contribution in [0.25, 0.3) is 0 Å². The Bertz CT molecular complexity index is 349. The van der Waals surface area contributed by atoms with Gasteiger partial charge in [-0.2, -0.15) is 4.39 Å². The van der Waals surface area contributed by atoms with Crippen molar-refractivity contribution in [3.63, 3.8) is 0 Å². The standard InChI is InChI=1S/C10H12BrFN2O2/c11-7-9(15)13-5-2-6-16-8-3-1-4-14-10(8)12/h1,3-4H,2,5-7H2,(H,13,15). The Morgan fingerprint density at radius 1 is 1.62 bits per heavy atom. The van der Waals surface area contributed by atoms with E-state index in [4.69, 9.17) is 4.74 Å². The van der Waals surface area contributed by atoms with Gasteiger partial charge in [-0.25, -0.2) is 4.98 Å². The number of ether oxygens (including phenoxy) is 1. The minimum Gasteiger partial charge on any atom is -0.489 e. The minimum absolute atomic E-state index is 0.0763. The number of halogens is 2. The first-order valence-corrected chi connectivity index (χ1v) is 5.92. The molecule has 0 aliphatic carbocycles. The van der Waals surface area contributed by atoms with E-state index >= 15 is 0 Å². The van der Waals surface area contributed by atoms with Gasteiger partial charge in [0.25, 0.3) is 5.95 Å². The molecule has 1 aromatic heterocycles. The number of rotatable bonds is 6. The lowest BCUT2D eigenvalue weighted by Gasteiger charge is -2.06. The molecule has 1 N–H and O–H groups in total. The number of pyridine rings is 1. The molecular weight excluding hydrogens is 279 g/mol. The predicted octanol–water partition coefficient (Wildman–Crippen LogP) is 1.50. The van der Waals surface area contributed by atoms with Crippen molar-refractivity contribution in [2.45, 2.75) is 6.42 Å². The molecule has 0 radical (unpaired) electrons. The van der Waals surface area contributed by atoms with Crippen LogP contribution < -0.4 is 10.1 Å². The third kappa shape index (κ3) is 4.57. The van der Waals surface area contributed by atoms with Gasteiger partial charge in [-0.05, 0) is 18.6 Å². The van der Waals surface area contributed by atoms with Crippen molar-refractivity contribution >= 4 is 21.8 Å². The SMILES string of the molecule is O=C(CBr)NCCCOc1cccnc1F. The highest BCUT2D eigenvalue weighted by molar-refractivity contribution is 9.09. The lowest BCUT2D eigenvalue weighted by atomic mass is 10.4. The van der Waals surface area contributed by atoms with E-state index in [9.17, 15) is 9.18 Å². The lowest BCUT2D eigenvalue weighted by Crippen LogP contribution is -2.26. The monoisotopic (exact) mass is 290 g/mol. The number of aromatic nitrogens is 1. The van der Waals surface area contributed by atoms with Crippen molar-refractivity contribution in [2.24, 2.45) is 0 Å². The number of hydrogen-bond acceptors (Lipinski definition) is 3. The predicted molar refractivity (Wildman–Crippen MR) is 61.1 cm³/mol. The molecule has 1 rings (SSSR count). The quantitative estimate of drug-likeness (QED) is 0.491. The number of nitrogens with one attached hydrogen (secondary N) is 1. The molecule has 0 aliphatic rings. The van der Waals surface area contributed by atoms with Crippen LogP contribution in [0.3, 0.4) is 0 Å². The largest absolute Gasteiger partial charge is 0.489 e. The number of amides is 1. The van der Waals surface area contributed by atoms with Gasteiger partial charge in [0.2, 0.25) is 5.91 Å². The zero-order valence-electron chi connectivity index (χ0n) is 8.58. The lowest BCUT2D eigenvalue weighted by molar-refractivity contribution is -0.118. The Balaban J connectivity index is 2.17. The summed E-state index contributed by atoms with van der Waals surface area (Å²) in [6, 6.07) is 3.12. The molecular formula is C10H12BrFN2O2. The highest BCUT2D eigenvalue weighted by Crippen LogP contribution is 2.12. The Kier molecular flexibility index (Phi) is 5.77. The van der Waals surface area contributed by atoms with Gasteiger partial charge in [0, 0.05) is 12.7 Å². The van der Waals surface area contributed by atoms with Gasteiger partial charge in [0.15, 0.2) is 5.75 Å². The third-order valence-electron chi connectivity index (χ3n) is 1.75. The molecule has 0 fully saturated rings. The van der Waals surface area contributed by atoms with E-state index in [0.29, 0.717) is 19.6 Å². The van der Waals surface area contributed by atoms with E-state index in [2.05, 4.69) is 26.2 Å². The van der Waals surface area contributed by atoms with E-state index in [1.807, 2.05) is 0 Å². The van der Waals surface area contributed by atoms with Gasteiger partial charge in [0.1, 0.15) is 0 Å². The molecule has 0 saturated heterocycles. The van der Waals surface area contributed by atoms with Crippen LogP contribution in [-0.4, -0.2) is 29.4 Å². The fourth-order valence-electron chi connectivity index (χ4n) is 1.01. The second-order valence-corrected chi connectivity index (χ2v) is 3.54. The fraction of sp³-hybridized carbons (Fsp3) is 0.400. The number of hydrogen-bond donors (Lipinski definition) is 1.